The third-order valence-corrected chi connectivity index (χ3v) is 3.30. The van der Waals surface area contributed by atoms with Crippen molar-refractivity contribution in [1.82, 2.24) is 5.32 Å². The van der Waals surface area contributed by atoms with Crippen LogP contribution in [0.25, 0.3) is 0 Å². The molecule has 0 heterocycles. The summed E-state index contributed by atoms with van der Waals surface area (Å²) in [5.74, 6) is 0. The van der Waals surface area contributed by atoms with Crippen molar-refractivity contribution in [2.75, 3.05) is 13.1 Å². The van der Waals surface area contributed by atoms with Gasteiger partial charge >= 0.3 is 0 Å². The van der Waals surface area contributed by atoms with Crippen LogP contribution in [0.1, 0.15) is 35.6 Å². The fraction of sp³-hybridized carbons (Fsp3) is 0.600. The summed E-state index contributed by atoms with van der Waals surface area (Å²) in [7, 11) is 0. The standard InChI is InChI=1S/C15H26N2/c1-11-9-13(3)15(10-12(11)2)6-8-17-7-5-14(4)16/h9-10,14,17H,5-8,16H2,1-4H3. The monoisotopic (exact) mass is 234 g/mol. The number of hydrogen-bond donors (Lipinski definition) is 2. The molecule has 0 bridgehead atoms. The summed E-state index contributed by atoms with van der Waals surface area (Å²) < 4.78 is 0. The average Bonchev–Trinajstić information content (AvgIpc) is 2.24. The zero-order chi connectivity index (χ0) is 12.8. The molecule has 0 aromatic heterocycles. The highest BCUT2D eigenvalue weighted by molar-refractivity contribution is 5.36. The largest absolute Gasteiger partial charge is 0.328 e. The molecule has 0 aliphatic carbocycles. The van der Waals surface area contributed by atoms with E-state index in [4.69, 9.17) is 5.73 Å². The maximum absolute atomic E-state index is 5.71. The minimum absolute atomic E-state index is 0.297. The van der Waals surface area contributed by atoms with Crippen LogP contribution in [0.5, 0.6) is 0 Å². The van der Waals surface area contributed by atoms with Crippen molar-refractivity contribution in [2.24, 2.45) is 5.73 Å². The van der Waals surface area contributed by atoms with Crippen LogP contribution in [0.4, 0.5) is 0 Å². The third-order valence-electron chi connectivity index (χ3n) is 3.30. The Hall–Kier alpha value is -0.860. The predicted octanol–water partition coefficient (Wildman–Crippen LogP) is 2.48. The Balaban J connectivity index is 2.39. The fourth-order valence-corrected chi connectivity index (χ4v) is 1.97. The normalized spacial score (nSPS) is 12.8. The smallest absolute Gasteiger partial charge is 0.00225 e. The number of hydrogen-bond acceptors (Lipinski definition) is 2. The van der Waals surface area contributed by atoms with E-state index in [1.54, 1.807) is 0 Å². The van der Waals surface area contributed by atoms with Crippen LogP contribution in [0, 0.1) is 20.8 Å². The molecule has 0 fully saturated rings. The molecule has 3 N–H and O–H groups in total. The third kappa shape index (κ3) is 4.88. The summed E-state index contributed by atoms with van der Waals surface area (Å²) in [6, 6.07) is 4.90. The van der Waals surface area contributed by atoms with Gasteiger partial charge in [0.25, 0.3) is 0 Å². The summed E-state index contributed by atoms with van der Waals surface area (Å²) >= 11 is 0. The maximum Gasteiger partial charge on any atom is 0.00225 e. The molecule has 0 amide bonds. The van der Waals surface area contributed by atoms with Crippen molar-refractivity contribution in [2.45, 2.75) is 46.6 Å². The molecule has 1 aromatic rings. The second-order valence-electron chi connectivity index (χ2n) is 5.13. The second-order valence-corrected chi connectivity index (χ2v) is 5.13. The van der Waals surface area contributed by atoms with Crippen molar-refractivity contribution >= 4 is 0 Å². The SMILES string of the molecule is Cc1cc(C)c(CCNCCC(C)N)cc1C. The first kappa shape index (κ1) is 14.2. The quantitative estimate of drug-likeness (QED) is 0.742. The Kier molecular flexibility index (Phi) is 5.66. The van der Waals surface area contributed by atoms with Crippen LogP contribution in [0.2, 0.25) is 0 Å². The second kappa shape index (κ2) is 6.77. The van der Waals surface area contributed by atoms with Crippen LogP contribution in [-0.2, 0) is 6.42 Å². The molecule has 2 heteroatoms. The van der Waals surface area contributed by atoms with Crippen LogP contribution in [0.3, 0.4) is 0 Å². The number of aryl methyl sites for hydroxylation is 3. The predicted molar refractivity (Wildman–Crippen MR) is 75.5 cm³/mol. The van der Waals surface area contributed by atoms with Crippen LogP contribution in [-0.4, -0.2) is 19.1 Å². The Morgan fingerprint density at radius 3 is 2.35 bits per heavy atom. The van der Waals surface area contributed by atoms with Gasteiger partial charge in [0.2, 0.25) is 0 Å². The Labute approximate surface area is 106 Å². The molecule has 2 nitrogen and oxygen atoms in total. The van der Waals surface area contributed by atoms with Gasteiger partial charge in [-0.2, -0.15) is 0 Å². The molecule has 0 aliphatic heterocycles. The van der Waals surface area contributed by atoms with E-state index < -0.39 is 0 Å². The first-order chi connectivity index (χ1) is 8.00. The summed E-state index contributed by atoms with van der Waals surface area (Å²) in [5.41, 5.74) is 11.3. The molecule has 0 saturated heterocycles. The van der Waals surface area contributed by atoms with Gasteiger partial charge in [-0.15, -0.1) is 0 Å². The van der Waals surface area contributed by atoms with Crippen molar-refractivity contribution in [1.29, 1.82) is 0 Å². The maximum atomic E-state index is 5.71. The summed E-state index contributed by atoms with van der Waals surface area (Å²) in [5, 5.41) is 3.45. The molecule has 0 aliphatic rings. The molecular weight excluding hydrogens is 208 g/mol. The van der Waals surface area contributed by atoms with Crippen molar-refractivity contribution in [3.8, 4) is 0 Å². The Bertz CT molecular complexity index is 356. The van der Waals surface area contributed by atoms with E-state index in [9.17, 15) is 0 Å². The van der Waals surface area contributed by atoms with Crippen molar-refractivity contribution in [3.05, 3.63) is 34.4 Å². The van der Waals surface area contributed by atoms with E-state index >= 15 is 0 Å². The molecule has 17 heavy (non-hydrogen) atoms. The molecule has 1 rings (SSSR count). The lowest BCUT2D eigenvalue weighted by Crippen LogP contribution is -2.25. The molecule has 0 radical (unpaired) electrons. The van der Waals surface area contributed by atoms with E-state index in [0.29, 0.717) is 6.04 Å². The van der Waals surface area contributed by atoms with Gasteiger partial charge in [0, 0.05) is 6.04 Å². The van der Waals surface area contributed by atoms with Crippen LogP contribution >= 0.6 is 0 Å². The van der Waals surface area contributed by atoms with Gasteiger partial charge < -0.3 is 11.1 Å². The molecule has 1 aromatic carbocycles. The number of benzene rings is 1. The minimum atomic E-state index is 0.297. The van der Waals surface area contributed by atoms with Gasteiger partial charge in [0.15, 0.2) is 0 Å². The molecular formula is C15H26N2. The minimum Gasteiger partial charge on any atom is -0.328 e. The van der Waals surface area contributed by atoms with Crippen LogP contribution < -0.4 is 11.1 Å². The zero-order valence-corrected chi connectivity index (χ0v) is 11.6. The van der Waals surface area contributed by atoms with E-state index in [1.807, 2.05) is 0 Å². The van der Waals surface area contributed by atoms with Crippen molar-refractivity contribution < 1.29 is 0 Å². The first-order valence-corrected chi connectivity index (χ1v) is 6.53. The molecule has 0 saturated carbocycles. The number of rotatable bonds is 6. The van der Waals surface area contributed by atoms with Crippen LogP contribution in [0.15, 0.2) is 12.1 Å². The van der Waals surface area contributed by atoms with Gasteiger partial charge in [-0.25, -0.2) is 0 Å². The summed E-state index contributed by atoms with van der Waals surface area (Å²) in [6.07, 6.45) is 2.15. The Morgan fingerprint density at radius 2 is 1.71 bits per heavy atom. The van der Waals surface area contributed by atoms with Gasteiger partial charge in [-0.3, -0.25) is 0 Å². The topological polar surface area (TPSA) is 38.0 Å². The van der Waals surface area contributed by atoms with E-state index in [0.717, 1.165) is 25.9 Å². The first-order valence-electron chi connectivity index (χ1n) is 6.53. The van der Waals surface area contributed by atoms with Gasteiger partial charge in [0.1, 0.15) is 0 Å². The lowest BCUT2D eigenvalue weighted by Gasteiger charge is -2.11. The van der Waals surface area contributed by atoms with Crippen molar-refractivity contribution in [3.63, 3.8) is 0 Å². The highest BCUT2D eigenvalue weighted by atomic mass is 14.8. The van der Waals surface area contributed by atoms with Gasteiger partial charge in [0.05, 0.1) is 0 Å². The Morgan fingerprint density at radius 1 is 1.06 bits per heavy atom. The molecule has 1 unspecified atom stereocenters. The van der Waals surface area contributed by atoms with E-state index in [-0.39, 0.29) is 0 Å². The van der Waals surface area contributed by atoms with E-state index in [2.05, 4.69) is 45.1 Å². The lowest BCUT2D eigenvalue weighted by atomic mass is 9.99. The molecule has 0 spiro atoms. The highest BCUT2D eigenvalue weighted by Gasteiger charge is 2.01. The summed E-state index contributed by atoms with van der Waals surface area (Å²) in [6.45, 7) is 10.7. The number of nitrogens with one attached hydrogen (secondary N) is 1. The average molecular weight is 234 g/mol. The van der Waals surface area contributed by atoms with Gasteiger partial charge in [-0.1, -0.05) is 12.1 Å². The zero-order valence-electron chi connectivity index (χ0n) is 11.6. The molecule has 1 atom stereocenters. The van der Waals surface area contributed by atoms with E-state index in [1.165, 1.54) is 22.3 Å². The molecule has 96 valence electrons. The fourth-order valence-electron chi connectivity index (χ4n) is 1.97. The highest BCUT2D eigenvalue weighted by Crippen LogP contribution is 2.15. The lowest BCUT2D eigenvalue weighted by molar-refractivity contribution is 0.589. The number of nitrogens with two attached hydrogens (primary N) is 1. The summed E-state index contributed by atoms with van der Waals surface area (Å²) in [4.78, 5) is 0. The van der Waals surface area contributed by atoms with Gasteiger partial charge in [-0.05, 0) is 75.9 Å².